The van der Waals surface area contributed by atoms with E-state index in [-0.39, 0.29) is 14.9 Å². The van der Waals surface area contributed by atoms with E-state index in [0.29, 0.717) is 4.90 Å². The van der Waals surface area contributed by atoms with Crippen LogP contribution in [0, 0.1) is 0 Å². The van der Waals surface area contributed by atoms with Gasteiger partial charge in [0.25, 0.3) is 0 Å². The molecule has 0 fully saturated rings. The number of sulfone groups is 1. The van der Waals surface area contributed by atoms with Crippen molar-refractivity contribution in [2.45, 2.75) is 9.79 Å². The molecule has 0 spiro atoms. The maximum Gasteiger partial charge on any atom is 0.319 e. The third-order valence-electron chi connectivity index (χ3n) is 1.85. The molecule has 0 aromatic heterocycles. The number of carbonyl (C=O) groups is 1. The van der Waals surface area contributed by atoms with Crippen molar-refractivity contribution >= 4 is 50.8 Å². The molecule has 0 amide bonds. The molecule has 0 heterocycles. The molecule has 0 saturated carbocycles. The fourth-order valence-corrected chi connectivity index (χ4v) is 3.81. The Labute approximate surface area is 113 Å². The highest BCUT2D eigenvalue weighted by atomic mass is 35.5. The first-order valence-corrected chi connectivity index (χ1v) is 7.89. The van der Waals surface area contributed by atoms with Gasteiger partial charge in [-0.1, -0.05) is 23.2 Å². The summed E-state index contributed by atoms with van der Waals surface area (Å²) in [6.45, 7) is 0. The van der Waals surface area contributed by atoms with Gasteiger partial charge in [0.15, 0.2) is 15.6 Å². The predicted octanol–water partition coefficient (Wildman–Crippen LogP) is 2.57. The Morgan fingerprint density at radius 1 is 1.35 bits per heavy atom. The molecule has 0 aliphatic heterocycles. The monoisotopic (exact) mass is 314 g/mol. The van der Waals surface area contributed by atoms with Gasteiger partial charge in [-0.3, -0.25) is 4.79 Å². The molecule has 0 radical (unpaired) electrons. The Bertz CT molecular complexity index is 554. The van der Waals surface area contributed by atoms with Crippen LogP contribution >= 0.6 is 35.0 Å². The number of benzene rings is 1. The third-order valence-corrected chi connectivity index (χ3v) is 5.12. The molecule has 0 unspecified atom stereocenters. The number of rotatable bonds is 4. The van der Waals surface area contributed by atoms with E-state index in [9.17, 15) is 13.2 Å². The quantitative estimate of drug-likeness (QED) is 0.865. The van der Waals surface area contributed by atoms with E-state index in [1.54, 1.807) is 6.26 Å². The fourth-order valence-electron chi connectivity index (χ4n) is 1.15. The van der Waals surface area contributed by atoms with Crippen molar-refractivity contribution in [3.63, 3.8) is 0 Å². The molecule has 0 aliphatic rings. The Kier molecular flexibility index (Phi) is 4.71. The van der Waals surface area contributed by atoms with Crippen LogP contribution in [0.25, 0.3) is 0 Å². The lowest BCUT2D eigenvalue weighted by molar-refractivity contribution is -0.134. The van der Waals surface area contributed by atoms with Crippen LogP contribution in [0.3, 0.4) is 0 Å². The van der Waals surface area contributed by atoms with E-state index in [1.165, 1.54) is 23.9 Å². The summed E-state index contributed by atoms with van der Waals surface area (Å²) >= 11 is 13.0. The number of thioether (sulfide) groups is 1. The standard InChI is InChI=1S/C9H8Cl2O4S2/c1-16-7-2-6(11)8(3-5(7)10)17(14,15)4-9(12)13/h2-3H,4H2,1H3,(H,12,13). The van der Waals surface area contributed by atoms with E-state index in [0.717, 1.165) is 0 Å². The van der Waals surface area contributed by atoms with Crippen LogP contribution in [-0.4, -0.2) is 31.5 Å². The second kappa shape index (κ2) is 5.48. The predicted molar refractivity (Wildman–Crippen MR) is 67.9 cm³/mol. The van der Waals surface area contributed by atoms with Gasteiger partial charge < -0.3 is 5.11 Å². The van der Waals surface area contributed by atoms with Gasteiger partial charge in [-0.25, -0.2) is 8.42 Å². The lowest BCUT2D eigenvalue weighted by Crippen LogP contribution is -2.15. The van der Waals surface area contributed by atoms with Crippen LogP contribution in [0.15, 0.2) is 21.9 Å². The maximum absolute atomic E-state index is 11.7. The van der Waals surface area contributed by atoms with E-state index in [4.69, 9.17) is 28.3 Å². The smallest absolute Gasteiger partial charge is 0.319 e. The van der Waals surface area contributed by atoms with Crippen LogP contribution in [0.2, 0.25) is 10.0 Å². The van der Waals surface area contributed by atoms with Crippen LogP contribution in [0.1, 0.15) is 0 Å². The highest BCUT2D eigenvalue weighted by Gasteiger charge is 2.23. The molecular weight excluding hydrogens is 307 g/mol. The first-order valence-electron chi connectivity index (χ1n) is 4.25. The number of hydrogen-bond donors (Lipinski definition) is 1. The van der Waals surface area contributed by atoms with Crippen LogP contribution in [0.4, 0.5) is 0 Å². The molecule has 1 N–H and O–H groups in total. The molecule has 0 saturated heterocycles. The highest BCUT2D eigenvalue weighted by molar-refractivity contribution is 7.98. The van der Waals surface area contributed by atoms with Crippen LogP contribution < -0.4 is 0 Å². The zero-order valence-corrected chi connectivity index (χ0v) is 11.8. The van der Waals surface area contributed by atoms with E-state index in [1.807, 2.05) is 0 Å². The van der Waals surface area contributed by atoms with Crippen molar-refractivity contribution in [2.24, 2.45) is 0 Å². The van der Waals surface area contributed by atoms with Crippen molar-refractivity contribution in [1.29, 1.82) is 0 Å². The normalized spacial score (nSPS) is 11.5. The average molecular weight is 315 g/mol. The zero-order chi connectivity index (χ0) is 13.2. The molecular formula is C9H8Cl2O4S2. The number of hydrogen-bond acceptors (Lipinski definition) is 4. The van der Waals surface area contributed by atoms with Gasteiger partial charge in [0.1, 0.15) is 0 Å². The summed E-state index contributed by atoms with van der Waals surface area (Å²) in [4.78, 5) is 10.8. The molecule has 0 atom stereocenters. The topological polar surface area (TPSA) is 71.4 Å². The average Bonchev–Trinajstić information content (AvgIpc) is 2.18. The van der Waals surface area contributed by atoms with Crippen LogP contribution in [-0.2, 0) is 14.6 Å². The van der Waals surface area contributed by atoms with Crippen molar-refractivity contribution in [2.75, 3.05) is 12.0 Å². The summed E-state index contributed by atoms with van der Waals surface area (Å²) in [6.07, 6.45) is 1.77. The van der Waals surface area contributed by atoms with E-state index < -0.39 is 21.6 Å². The second-order valence-electron chi connectivity index (χ2n) is 3.07. The zero-order valence-electron chi connectivity index (χ0n) is 8.61. The van der Waals surface area contributed by atoms with Crippen molar-refractivity contribution in [3.8, 4) is 0 Å². The molecule has 1 aromatic rings. The van der Waals surface area contributed by atoms with Gasteiger partial charge in [0.2, 0.25) is 0 Å². The Hall–Kier alpha value is -0.430. The van der Waals surface area contributed by atoms with Gasteiger partial charge in [0, 0.05) is 4.90 Å². The van der Waals surface area contributed by atoms with Crippen molar-refractivity contribution < 1.29 is 18.3 Å². The van der Waals surface area contributed by atoms with Gasteiger partial charge in [0.05, 0.1) is 14.9 Å². The lowest BCUT2D eigenvalue weighted by Gasteiger charge is -2.07. The molecule has 4 nitrogen and oxygen atoms in total. The number of carboxylic acid groups (broad SMARTS) is 1. The summed E-state index contributed by atoms with van der Waals surface area (Å²) in [5.74, 6) is -2.45. The second-order valence-corrected chi connectivity index (χ2v) is 6.69. The first-order chi connectivity index (χ1) is 7.77. The maximum atomic E-state index is 11.7. The summed E-state index contributed by atoms with van der Waals surface area (Å²) in [5.41, 5.74) is 0. The summed E-state index contributed by atoms with van der Waals surface area (Å²) in [5, 5.41) is 8.71. The van der Waals surface area contributed by atoms with E-state index >= 15 is 0 Å². The third kappa shape index (κ3) is 3.51. The number of carboxylic acids is 1. The molecule has 0 aliphatic carbocycles. The summed E-state index contributed by atoms with van der Waals surface area (Å²) < 4.78 is 23.4. The van der Waals surface area contributed by atoms with Gasteiger partial charge >= 0.3 is 5.97 Å². The Morgan fingerprint density at radius 3 is 2.41 bits per heavy atom. The minimum Gasteiger partial charge on any atom is -0.480 e. The molecule has 8 heteroatoms. The summed E-state index contributed by atoms with van der Waals surface area (Å²) in [7, 11) is -3.96. The number of halogens is 2. The van der Waals surface area contributed by atoms with Gasteiger partial charge in [-0.05, 0) is 18.4 Å². The Morgan fingerprint density at radius 2 is 1.94 bits per heavy atom. The minimum atomic E-state index is -3.96. The fraction of sp³-hybridized carbons (Fsp3) is 0.222. The van der Waals surface area contributed by atoms with E-state index in [2.05, 4.69) is 0 Å². The minimum absolute atomic E-state index is 0.0278. The SMILES string of the molecule is CSc1cc(Cl)c(S(=O)(=O)CC(=O)O)cc1Cl. The largest absolute Gasteiger partial charge is 0.480 e. The molecule has 17 heavy (non-hydrogen) atoms. The van der Waals surface area contributed by atoms with Gasteiger partial charge in [-0.15, -0.1) is 11.8 Å². The first kappa shape index (κ1) is 14.6. The number of aliphatic carboxylic acids is 1. The van der Waals surface area contributed by atoms with Crippen LogP contribution in [0.5, 0.6) is 0 Å². The van der Waals surface area contributed by atoms with Crippen molar-refractivity contribution in [3.05, 3.63) is 22.2 Å². The highest BCUT2D eigenvalue weighted by Crippen LogP contribution is 2.33. The molecule has 1 aromatic carbocycles. The van der Waals surface area contributed by atoms with Crippen molar-refractivity contribution in [1.82, 2.24) is 0 Å². The Balaban J connectivity index is 3.33. The molecule has 1 rings (SSSR count). The van der Waals surface area contributed by atoms with Gasteiger partial charge in [-0.2, -0.15) is 0 Å². The molecule has 94 valence electrons. The lowest BCUT2D eigenvalue weighted by atomic mass is 10.3. The molecule has 0 bridgehead atoms. The summed E-state index contributed by atoms with van der Waals surface area (Å²) in [6, 6.07) is 2.58.